The van der Waals surface area contributed by atoms with Gasteiger partial charge in [-0.2, -0.15) is 8.78 Å². The number of hydrogen-bond acceptors (Lipinski definition) is 4. The Morgan fingerprint density at radius 3 is 2.39 bits per heavy atom. The Balaban J connectivity index is 2.97. The summed E-state index contributed by atoms with van der Waals surface area (Å²) in [4.78, 5) is 21.3. The van der Waals surface area contributed by atoms with E-state index in [0.29, 0.717) is 6.07 Å². The minimum Gasteiger partial charge on any atom is -0.425 e. The number of hydrogen-bond donors (Lipinski definition) is 3. The number of alkyl halides is 2. The van der Waals surface area contributed by atoms with E-state index in [-0.39, 0.29) is 0 Å². The zero-order valence-corrected chi connectivity index (χ0v) is 8.75. The molecule has 0 spiro atoms. The highest BCUT2D eigenvalue weighted by Gasteiger charge is 2.42. The first kappa shape index (κ1) is 13.8. The molecule has 0 fully saturated rings. The summed E-state index contributed by atoms with van der Waals surface area (Å²) in [5.41, 5.74) is 5.51. The molecule has 1 aromatic rings. The Labute approximate surface area is 98.7 Å². The van der Waals surface area contributed by atoms with Gasteiger partial charge in [-0.3, -0.25) is 15.0 Å². The number of primary amides is 1. The van der Waals surface area contributed by atoms with Crippen LogP contribution in [0.3, 0.4) is 0 Å². The number of benzene rings is 1. The fourth-order valence-corrected chi connectivity index (χ4v) is 1.04. The van der Waals surface area contributed by atoms with Crippen molar-refractivity contribution in [3.05, 3.63) is 29.6 Å². The summed E-state index contributed by atoms with van der Waals surface area (Å²) in [6.45, 7) is 0. The van der Waals surface area contributed by atoms with Gasteiger partial charge in [-0.15, -0.1) is 0 Å². The predicted molar refractivity (Wildman–Crippen MR) is 52.8 cm³/mol. The number of ether oxygens (including phenoxy) is 1. The summed E-state index contributed by atoms with van der Waals surface area (Å²) in [7, 11) is 0. The van der Waals surface area contributed by atoms with E-state index >= 15 is 0 Å². The maximum Gasteiger partial charge on any atom is 0.483 e. The quantitative estimate of drug-likeness (QED) is 0.400. The molecule has 0 aliphatic carbocycles. The van der Waals surface area contributed by atoms with E-state index in [9.17, 15) is 22.8 Å². The minimum absolute atomic E-state index is 0.492. The molecule has 0 bridgehead atoms. The second-order valence-corrected chi connectivity index (χ2v) is 3.10. The van der Waals surface area contributed by atoms with Crippen molar-refractivity contribution in [2.45, 2.75) is 6.11 Å². The average molecular weight is 263 g/mol. The zero-order valence-electron chi connectivity index (χ0n) is 8.75. The van der Waals surface area contributed by atoms with Crippen molar-refractivity contribution in [3.63, 3.8) is 0 Å². The first-order valence-electron chi connectivity index (χ1n) is 4.45. The van der Waals surface area contributed by atoms with E-state index < -0.39 is 35.1 Å². The second-order valence-electron chi connectivity index (χ2n) is 3.10. The van der Waals surface area contributed by atoms with E-state index in [1.807, 2.05) is 0 Å². The molecule has 0 aliphatic rings. The molecule has 0 saturated carbocycles. The topological polar surface area (TPSA) is 107 Å². The largest absolute Gasteiger partial charge is 0.483 e. The lowest BCUT2D eigenvalue weighted by Crippen LogP contribution is -2.47. The molecule has 18 heavy (non-hydrogen) atoms. The van der Waals surface area contributed by atoms with E-state index in [2.05, 4.69) is 10.6 Å². The second kappa shape index (κ2) is 4.92. The van der Waals surface area contributed by atoms with Crippen LogP contribution in [0.15, 0.2) is 18.2 Å². The van der Waals surface area contributed by atoms with Crippen molar-refractivity contribution in [2.75, 3.05) is 0 Å². The van der Waals surface area contributed by atoms with Crippen LogP contribution in [0.2, 0.25) is 0 Å². The van der Waals surface area contributed by atoms with E-state index in [4.69, 9.17) is 5.73 Å². The van der Waals surface area contributed by atoms with E-state index in [1.54, 1.807) is 0 Å². The minimum atomic E-state index is -4.27. The van der Waals surface area contributed by atoms with Crippen LogP contribution in [0.5, 0.6) is 5.75 Å². The highest BCUT2D eigenvalue weighted by molar-refractivity contribution is 5.93. The van der Waals surface area contributed by atoms with Gasteiger partial charge >= 0.3 is 12.0 Å². The summed E-state index contributed by atoms with van der Waals surface area (Å²) in [6.07, 6.45) is -4.27. The summed E-state index contributed by atoms with van der Waals surface area (Å²) in [6, 6.07) is 2.21. The molecule has 0 unspecified atom stereocenters. The van der Waals surface area contributed by atoms with Crippen LogP contribution >= 0.6 is 0 Å². The number of amides is 2. The third kappa shape index (κ3) is 2.88. The van der Waals surface area contributed by atoms with Gasteiger partial charge in [-0.1, -0.05) is 0 Å². The summed E-state index contributed by atoms with van der Waals surface area (Å²) >= 11 is 0. The number of rotatable bonds is 4. The third-order valence-electron chi connectivity index (χ3n) is 1.85. The van der Waals surface area contributed by atoms with Gasteiger partial charge in [-0.05, 0) is 12.1 Å². The van der Waals surface area contributed by atoms with Crippen molar-refractivity contribution < 1.29 is 27.5 Å². The number of hydrazine groups is 1. The number of carbonyl (C=O) groups excluding carboxylic acids is 2. The van der Waals surface area contributed by atoms with Crippen molar-refractivity contribution in [1.82, 2.24) is 5.43 Å². The first-order chi connectivity index (χ1) is 8.27. The molecule has 0 atom stereocenters. The van der Waals surface area contributed by atoms with Crippen LogP contribution in [0.1, 0.15) is 10.4 Å². The van der Waals surface area contributed by atoms with E-state index in [1.165, 1.54) is 5.43 Å². The molecule has 98 valence electrons. The van der Waals surface area contributed by atoms with Gasteiger partial charge in [0.1, 0.15) is 11.6 Å². The summed E-state index contributed by atoms with van der Waals surface area (Å²) < 4.78 is 43.1. The van der Waals surface area contributed by atoms with Gasteiger partial charge in [0.15, 0.2) is 0 Å². The zero-order chi connectivity index (χ0) is 13.9. The fraction of sp³-hybridized carbons (Fsp3) is 0.111. The average Bonchev–Trinajstić information content (AvgIpc) is 2.26. The Morgan fingerprint density at radius 1 is 1.33 bits per heavy atom. The number of nitrogens with one attached hydrogen (secondary N) is 1. The Kier molecular flexibility index (Phi) is 3.76. The van der Waals surface area contributed by atoms with Crippen LogP contribution < -0.4 is 21.7 Å². The maximum absolute atomic E-state index is 13.2. The molecule has 9 heteroatoms. The standard InChI is InChI=1S/C9H8F3N3O3/c10-6-3-4(1-2-5(6)7(13)16)18-9(11,12)8(17)15-14/h1-3H,14H2,(H2,13,16)(H,15,17). The van der Waals surface area contributed by atoms with E-state index in [0.717, 1.165) is 12.1 Å². The number of halogens is 3. The Bertz CT molecular complexity index is 493. The lowest BCUT2D eigenvalue weighted by molar-refractivity contribution is -0.192. The van der Waals surface area contributed by atoms with Gasteiger partial charge in [0.25, 0.3) is 5.91 Å². The van der Waals surface area contributed by atoms with Crippen LogP contribution in [-0.4, -0.2) is 17.9 Å². The molecule has 0 radical (unpaired) electrons. The van der Waals surface area contributed by atoms with Crippen LogP contribution in [0.25, 0.3) is 0 Å². The normalized spacial score (nSPS) is 10.9. The Hall–Kier alpha value is -2.29. The molecule has 6 nitrogen and oxygen atoms in total. The van der Waals surface area contributed by atoms with Crippen molar-refractivity contribution >= 4 is 11.8 Å². The lowest BCUT2D eigenvalue weighted by atomic mass is 10.2. The molecule has 2 amide bonds. The van der Waals surface area contributed by atoms with Crippen molar-refractivity contribution in [3.8, 4) is 5.75 Å². The molecule has 1 aromatic carbocycles. The SMILES string of the molecule is NNC(=O)C(F)(F)Oc1ccc(C(N)=O)c(F)c1. The van der Waals surface area contributed by atoms with Crippen molar-refractivity contribution in [2.24, 2.45) is 11.6 Å². The summed E-state index contributed by atoms with van der Waals surface area (Å²) in [5, 5.41) is 0. The van der Waals surface area contributed by atoms with Crippen LogP contribution in [-0.2, 0) is 4.79 Å². The highest BCUT2D eigenvalue weighted by atomic mass is 19.3. The molecule has 5 N–H and O–H groups in total. The van der Waals surface area contributed by atoms with Gasteiger partial charge in [0.2, 0.25) is 0 Å². The summed E-state index contributed by atoms with van der Waals surface area (Å²) in [5.74, 6) is -0.265. The van der Waals surface area contributed by atoms with Gasteiger partial charge in [0, 0.05) is 6.07 Å². The predicted octanol–water partition coefficient (Wildman–Crippen LogP) is -0.114. The molecule has 0 aliphatic heterocycles. The van der Waals surface area contributed by atoms with Crippen LogP contribution in [0.4, 0.5) is 13.2 Å². The molecule has 0 saturated heterocycles. The number of nitrogens with two attached hydrogens (primary N) is 2. The fourth-order valence-electron chi connectivity index (χ4n) is 1.04. The Morgan fingerprint density at radius 2 is 1.94 bits per heavy atom. The van der Waals surface area contributed by atoms with Gasteiger partial charge in [0.05, 0.1) is 5.56 Å². The molecular formula is C9H8F3N3O3. The molecule has 0 aromatic heterocycles. The van der Waals surface area contributed by atoms with Crippen molar-refractivity contribution in [1.29, 1.82) is 0 Å². The lowest BCUT2D eigenvalue weighted by Gasteiger charge is -2.15. The smallest absolute Gasteiger partial charge is 0.425 e. The molecule has 1 rings (SSSR count). The third-order valence-corrected chi connectivity index (χ3v) is 1.85. The molecular weight excluding hydrogens is 255 g/mol. The van der Waals surface area contributed by atoms with Gasteiger partial charge < -0.3 is 10.5 Å². The maximum atomic E-state index is 13.2. The van der Waals surface area contributed by atoms with Gasteiger partial charge in [-0.25, -0.2) is 10.2 Å². The number of carbonyl (C=O) groups is 2. The molecule has 0 heterocycles. The first-order valence-corrected chi connectivity index (χ1v) is 4.45. The monoisotopic (exact) mass is 263 g/mol. The highest BCUT2D eigenvalue weighted by Crippen LogP contribution is 2.23. The van der Waals surface area contributed by atoms with Crippen LogP contribution in [0, 0.1) is 5.82 Å².